The van der Waals surface area contributed by atoms with Crippen LogP contribution >= 0.6 is 0 Å². The first-order valence-electron chi connectivity index (χ1n) is 7.65. The van der Waals surface area contributed by atoms with E-state index < -0.39 is 0 Å². The van der Waals surface area contributed by atoms with Gasteiger partial charge in [-0.1, -0.05) is 0 Å². The lowest BCUT2D eigenvalue weighted by atomic mass is 10.2. The van der Waals surface area contributed by atoms with E-state index in [1.807, 2.05) is 26.0 Å². The van der Waals surface area contributed by atoms with Crippen molar-refractivity contribution < 1.29 is 4.79 Å². The number of carbonyl (C=O) groups excluding carboxylic acids is 1. The smallest absolute Gasteiger partial charge is 0.252 e. The summed E-state index contributed by atoms with van der Waals surface area (Å²) in [5, 5.41) is 10.7. The Morgan fingerprint density at radius 1 is 1.45 bits per heavy atom. The average molecular weight is 299 g/mol. The maximum atomic E-state index is 12.1. The van der Waals surface area contributed by atoms with Crippen molar-refractivity contribution in [3.05, 3.63) is 41.3 Å². The van der Waals surface area contributed by atoms with E-state index in [0.717, 1.165) is 30.2 Å². The van der Waals surface area contributed by atoms with Crippen molar-refractivity contribution in [2.24, 2.45) is 0 Å². The minimum absolute atomic E-state index is 0.0823. The molecule has 1 atom stereocenters. The van der Waals surface area contributed by atoms with Crippen molar-refractivity contribution in [3.8, 4) is 5.82 Å². The monoisotopic (exact) mass is 299 g/mol. The second kappa shape index (κ2) is 6.27. The van der Waals surface area contributed by atoms with Gasteiger partial charge in [0, 0.05) is 24.5 Å². The summed E-state index contributed by atoms with van der Waals surface area (Å²) in [5.74, 6) is 0.640. The molecule has 0 radical (unpaired) electrons. The van der Waals surface area contributed by atoms with Crippen molar-refractivity contribution in [1.82, 2.24) is 25.4 Å². The van der Waals surface area contributed by atoms with Gasteiger partial charge in [-0.25, -0.2) is 9.67 Å². The Labute approximate surface area is 129 Å². The zero-order chi connectivity index (χ0) is 15.5. The third-order valence-corrected chi connectivity index (χ3v) is 3.91. The number of aromatic nitrogens is 3. The molecule has 0 aliphatic carbocycles. The molecule has 1 aliphatic heterocycles. The van der Waals surface area contributed by atoms with Gasteiger partial charge in [0.25, 0.3) is 5.91 Å². The predicted molar refractivity (Wildman–Crippen MR) is 84.2 cm³/mol. The second-order valence-corrected chi connectivity index (χ2v) is 5.75. The fraction of sp³-hybridized carbons (Fsp3) is 0.438. The number of pyridine rings is 1. The van der Waals surface area contributed by atoms with Gasteiger partial charge in [-0.2, -0.15) is 5.10 Å². The number of amides is 1. The minimum atomic E-state index is -0.0823. The van der Waals surface area contributed by atoms with Crippen LogP contribution in [0.1, 0.15) is 34.6 Å². The lowest BCUT2D eigenvalue weighted by Gasteiger charge is -2.11. The van der Waals surface area contributed by atoms with Crippen LogP contribution in [0, 0.1) is 13.8 Å². The lowest BCUT2D eigenvalue weighted by molar-refractivity contribution is 0.0950. The van der Waals surface area contributed by atoms with Crippen LogP contribution < -0.4 is 10.6 Å². The molecule has 2 aromatic heterocycles. The number of hydrogen-bond acceptors (Lipinski definition) is 4. The van der Waals surface area contributed by atoms with Gasteiger partial charge in [0.05, 0.1) is 11.3 Å². The van der Waals surface area contributed by atoms with E-state index in [4.69, 9.17) is 0 Å². The molecule has 6 heteroatoms. The van der Waals surface area contributed by atoms with Crippen LogP contribution in [0.4, 0.5) is 0 Å². The van der Waals surface area contributed by atoms with Crippen molar-refractivity contribution in [3.63, 3.8) is 0 Å². The Bertz CT molecular complexity index is 656. The first kappa shape index (κ1) is 14.7. The number of carbonyl (C=O) groups is 1. The van der Waals surface area contributed by atoms with E-state index >= 15 is 0 Å². The van der Waals surface area contributed by atoms with Crippen LogP contribution in [0.25, 0.3) is 5.82 Å². The predicted octanol–water partition coefficient (Wildman–Crippen LogP) is 1.37. The average Bonchev–Trinajstić information content (AvgIpc) is 3.14. The molecule has 0 spiro atoms. The Morgan fingerprint density at radius 2 is 2.32 bits per heavy atom. The Morgan fingerprint density at radius 3 is 2.91 bits per heavy atom. The summed E-state index contributed by atoms with van der Waals surface area (Å²) in [4.78, 5) is 16.5. The quantitative estimate of drug-likeness (QED) is 0.894. The molecule has 2 N–H and O–H groups in total. The highest BCUT2D eigenvalue weighted by Gasteiger charge is 2.15. The standard InChI is InChI=1S/C16H21N5O/c1-11-8-12(2)21(20-11)15-6-5-13(9-18-15)16(22)19-10-14-4-3-7-17-14/h5-6,8-9,14,17H,3-4,7,10H2,1-2H3,(H,19,22). The van der Waals surface area contributed by atoms with Gasteiger partial charge in [-0.3, -0.25) is 4.79 Å². The van der Waals surface area contributed by atoms with Gasteiger partial charge in [0.1, 0.15) is 0 Å². The highest BCUT2D eigenvalue weighted by atomic mass is 16.1. The van der Waals surface area contributed by atoms with Crippen molar-refractivity contribution in [2.45, 2.75) is 32.7 Å². The fourth-order valence-corrected chi connectivity index (χ4v) is 2.76. The van der Waals surface area contributed by atoms with Gasteiger partial charge < -0.3 is 10.6 Å². The molecule has 3 heterocycles. The molecular formula is C16H21N5O. The molecule has 0 aromatic carbocycles. The summed E-state index contributed by atoms with van der Waals surface area (Å²) < 4.78 is 1.78. The van der Waals surface area contributed by atoms with E-state index in [-0.39, 0.29) is 5.91 Å². The van der Waals surface area contributed by atoms with E-state index in [2.05, 4.69) is 20.7 Å². The summed E-state index contributed by atoms with van der Waals surface area (Å²) in [6, 6.07) is 6.00. The first-order valence-corrected chi connectivity index (χ1v) is 7.65. The highest BCUT2D eigenvalue weighted by molar-refractivity contribution is 5.93. The van der Waals surface area contributed by atoms with Crippen LogP contribution in [0.3, 0.4) is 0 Å². The lowest BCUT2D eigenvalue weighted by Crippen LogP contribution is -2.37. The largest absolute Gasteiger partial charge is 0.350 e. The summed E-state index contributed by atoms with van der Waals surface area (Å²) in [6.45, 7) is 5.64. The molecule has 1 fully saturated rings. The van der Waals surface area contributed by atoms with Crippen LogP contribution in [-0.2, 0) is 0 Å². The zero-order valence-electron chi connectivity index (χ0n) is 13.0. The topological polar surface area (TPSA) is 71.8 Å². The molecule has 22 heavy (non-hydrogen) atoms. The maximum Gasteiger partial charge on any atom is 0.252 e. The van der Waals surface area contributed by atoms with E-state index in [1.54, 1.807) is 16.9 Å². The number of hydrogen-bond donors (Lipinski definition) is 2. The molecule has 0 bridgehead atoms. The molecule has 6 nitrogen and oxygen atoms in total. The summed E-state index contributed by atoms with van der Waals surface area (Å²) in [6.07, 6.45) is 3.90. The molecule has 1 unspecified atom stereocenters. The SMILES string of the molecule is Cc1cc(C)n(-c2ccc(C(=O)NCC3CCCN3)cn2)n1. The van der Waals surface area contributed by atoms with Gasteiger partial charge >= 0.3 is 0 Å². The Hall–Kier alpha value is -2.21. The Kier molecular flexibility index (Phi) is 4.20. The summed E-state index contributed by atoms with van der Waals surface area (Å²) in [5.41, 5.74) is 2.54. The van der Waals surface area contributed by atoms with Crippen LogP contribution in [-0.4, -0.2) is 39.8 Å². The van der Waals surface area contributed by atoms with Crippen molar-refractivity contribution in [1.29, 1.82) is 0 Å². The van der Waals surface area contributed by atoms with Crippen LogP contribution in [0.5, 0.6) is 0 Å². The van der Waals surface area contributed by atoms with E-state index in [9.17, 15) is 4.79 Å². The number of nitrogens with zero attached hydrogens (tertiary/aromatic N) is 3. The summed E-state index contributed by atoms with van der Waals surface area (Å²) >= 11 is 0. The van der Waals surface area contributed by atoms with Gasteiger partial charge in [0.15, 0.2) is 5.82 Å². The molecular weight excluding hydrogens is 278 g/mol. The molecule has 116 valence electrons. The van der Waals surface area contributed by atoms with Gasteiger partial charge in [0.2, 0.25) is 0 Å². The number of nitrogens with one attached hydrogen (secondary N) is 2. The molecule has 0 saturated carbocycles. The third kappa shape index (κ3) is 3.17. The normalized spacial score (nSPS) is 17.6. The van der Waals surface area contributed by atoms with Gasteiger partial charge in [-0.15, -0.1) is 0 Å². The first-order chi connectivity index (χ1) is 10.6. The molecule has 1 amide bonds. The molecule has 1 aliphatic rings. The van der Waals surface area contributed by atoms with E-state index in [1.165, 1.54) is 6.42 Å². The van der Waals surface area contributed by atoms with Crippen LogP contribution in [0.2, 0.25) is 0 Å². The van der Waals surface area contributed by atoms with Gasteiger partial charge in [-0.05, 0) is 51.4 Å². The Balaban J connectivity index is 1.65. The molecule has 3 rings (SSSR count). The molecule has 2 aromatic rings. The van der Waals surface area contributed by atoms with Crippen molar-refractivity contribution >= 4 is 5.91 Å². The van der Waals surface area contributed by atoms with E-state index in [0.29, 0.717) is 18.2 Å². The fourth-order valence-electron chi connectivity index (χ4n) is 2.76. The maximum absolute atomic E-state index is 12.1. The highest BCUT2D eigenvalue weighted by Crippen LogP contribution is 2.10. The number of aryl methyl sites for hydroxylation is 2. The minimum Gasteiger partial charge on any atom is -0.350 e. The second-order valence-electron chi connectivity index (χ2n) is 5.75. The molecule has 1 saturated heterocycles. The zero-order valence-corrected chi connectivity index (χ0v) is 13.0. The van der Waals surface area contributed by atoms with Crippen molar-refractivity contribution in [2.75, 3.05) is 13.1 Å². The summed E-state index contributed by atoms with van der Waals surface area (Å²) in [7, 11) is 0. The third-order valence-electron chi connectivity index (χ3n) is 3.91. The van der Waals surface area contributed by atoms with Crippen LogP contribution in [0.15, 0.2) is 24.4 Å². The number of rotatable bonds is 4.